The molecular formula is C11H10N4O2S. The summed E-state index contributed by atoms with van der Waals surface area (Å²) < 4.78 is 25.4. The van der Waals surface area contributed by atoms with Crippen molar-refractivity contribution in [3.8, 4) is 6.07 Å². The van der Waals surface area contributed by atoms with E-state index in [-0.39, 0.29) is 5.03 Å². The number of rotatable bonds is 3. The maximum Gasteiger partial charge on any atom is 0.281 e. The van der Waals surface area contributed by atoms with Gasteiger partial charge in [0.25, 0.3) is 10.0 Å². The standard InChI is InChI=1S/C11H10N4O2S/c1-15(10-4-2-9(8-12)3-5-10)18(16,17)11-6-7-13-14-11/h2-7H,1H3,(H,13,14). The van der Waals surface area contributed by atoms with Crippen molar-refractivity contribution in [3.63, 3.8) is 0 Å². The van der Waals surface area contributed by atoms with Gasteiger partial charge in [-0.15, -0.1) is 0 Å². The van der Waals surface area contributed by atoms with Crippen LogP contribution in [0.4, 0.5) is 5.69 Å². The zero-order chi connectivity index (χ0) is 13.2. The van der Waals surface area contributed by atoms with Crippen LogP contribution < -0.4 is 4.31 Å². The summed E-state index contributed by atoms with van der Waals surface area (Å²) >= 11 is 0. The van der Waals surface area contributed by atoms with Gasteiger partial charge in [0.15, 0.2) is 5.03 Å². The molecule has 0 fully saturated rings. The Morgan fingerprint density at radius 3 is 2.44 bits per heavy atom. The molecule has 18 heavy (non-hydrogen) atoms. The lowest BCUT2D eigenvalue weighted by molar-refractivity contribution is 0.590. The molecule has 0 aliphatic carbocycles. The number of nitriles is 1. The van der Waals surface area contributed by atoms with Crippen molar-refractivity contribution in [1.29, 1.82) is 5.26 Å². The largest absolute Gasteiger partial charge is 0.281 e. The zero-order valence-corrected chi connectivity index (χ0v) is 10.3. The van der Waals surface area contributed by atoms with Crippen LogP contribution in [0.3, 0.4) is 0 Å². The van der Waals surface area contributed by atoms with E-state index in [4.69, 9.17) is 5.26 Å². The minimum absolute atomic E-state index is 0.0226. The smallest absolute Gasteiger partial charge is 0.268 e. The molecule has 0 aliphatic heterocycles. The highest BCUT2D eigenvalue weighted by Crippen LogP contribution is 2.20. The molecule has 0 radical (unpaired) electrons. The third-order valence-electron chi connectivity index (χ3n) is 2.47. The van der Waals surface area contributed by atoms with Crippen molar-refractivity contribution in [2.75, 3.05) is 11.4 Å². The van der Waals surface area contributed by atoms with E-state index in [1.54, 1.807) is 24.3 Å². The molecule has 0 saturated carbocycles. The van der Waals surface area contributed by atoms with E-state index >= 15 is 0 Å². The summed E-state index contributed by atoms with van der Waals surface area (Å²) in [7, 11) is -2.19. The third-order valence-corrected chi connectivity index (χ3v) is 4.19. The summed E-state index contributed by atoms with van der Waals surface area (Å²) in [6.45, 7) is 0. The fraction of sp³-hybridized carbons (Fsp3) is 0.0909. The second-order valence-electron chi connectivity index (χ2n) is 3.55. The summed E-state index contributed by atoms with van der Waals surface area (Å²) in [5.74, 6) is 0. The van der Waals surface area contributed by atoms with Crippen molar-refractivity contribution in [2.24, 2.45) is 0 Å². The SMILES string of the molecule is CN(c1ccc(C#N)cc1)S(=O)(=O)c1ccn[nH]1. The first-order valence-electron chi connectivity index (χ1n) is 5.04. The van der Waals surface area contributed by atoms with Crippen LogP contribution in [-0.4, -0.2) is 25.7 Å². The number of benzene rings is 1. The Kier molecular flexibility index (Phi) is 3.04. The number of hydrogen-bond acceptors (Lipinski definition) is 4. The van der Waals surface area contributed by atoms with E-state index in [9.17, 15) is 8.42 Å². The molecule has 0 atom stereocenters. The molecule has 0 spiro atoms. The second-order valence-corrected chi connectivity index (χ2v) is 5.49. The van der Waals surface area contributed by atoms with Crippen LogP contribution in [0.5, 0.6) is 0 Å². The number of aromatic nitrogens is 2. The summed E-state index contributed by atoms with van der Waals surface area (Å²) in [5.41, 5.74) is 0.953. The van der Waals surface area contributed by atoms with Crippen LogP contribution in [0.25, 0.3) is 0 Å². The van der Waals surface area contributed by atoms with Crippen molar-refractivity contribution in [3.05, 3.63) is 42.1 Å². The van der Waals surface area contributed by atoms with Crippen LogP contribution in [0.2, 0.25) is 0 Å². The molecule has 0 aliphatic rings. The molecule has 7 heteroatoms. The predicted molar refractivity (Wildman–Crippen MR) is 65.3 cm³/mol. The van der Waals surface area contributed by atoms with E-state index in [0.717, 1.165) is 4.31 Å². The lowest BCUT2D eigenvalue weighted by atomic mass is 10.2. The number of nitrogens with one attached hydrogen (secondary N) is 1. The molecule has 6 nitrogen and oxygen atoms in total. The molecule has 0 unspecified atom stereocenters. The molecule has 1 heterocycles. The fourth-order valence-corrected chi connectivity index (χ4v) is 2.51. The summed E-state index contributed by atoms with van der Waals surface area (Å²) in [4.78, 5) is 0. The van der Waals surface area contributed by atoms with E-state index < -0.39 is 10.0 Å². The van der Waals surface area contributed by atoms with Crippen molar-refractivity contribution < 1.29 is 8.42 Å². The number of anilines is 1. The van der Waals surface area contributed by atoms with Crippen molar-refractivity contribution >= 4 is 15.7 Å². The Balaban J connectivity index is 2.37. The van der Waals surface area contributed by atoms with Gasteiger partial charge >= 0.3 is 0 Å². The van der Waals surface area contributed by atoms with Crippen LogP contribution in [0.15, 0.2) is 41.6 Å². The number of H-pyrrole nitrogens is 1. The van der Waals surface area contributed by atoms with Gasteiger partial charge in [-0.05, 0) is 30.3 Å². The lowest BCUT2D eigenvalue weighted by Crippen LogP contribution is -2.26. The van der Waals surface area contributed by atoms with Crippen LogP contribution >= 0.6 is 0 Å². The molecule has 2 rings (SSSR count). The lowest BCUT2D eigenvalue weighted by Gasteiger charge is -2.18. The monoisotopic (exact) mass is 262 g/mol. The minimum Gasteiger partial charge on any atom is -0.268 e. The van der Waals surface area contributed by atoms with Crippen LogP contribution in [0.1, 0.15) is 5.56 Å². The Labute approximate surface area is 105 Å². The average Bonchev–Trinajstić information content (AvgIpc) is 2.92. The van der Waals surface area contributed by atoms with Gasteiger partial charge in [-0.1, -0.05) is 0 Å². The Morgan fingerprint density at radius 2 is 1.94 bits per heavy atom. The topological polar surface area (TPSA) is 89.8 Å². The second kappa shape index (κ2) is 4.50. The van der Waals surface area contributed by atoms with E-state index in [1.165, 1.54) is 19.3 Å². The van der Waals surface area contributed by atoms with Gasteiger partial charge in [0.05, 0.1) is 23.5 Å². The van der Waals surface area contributed by atoms with Crippen LogP contribution in [0, 0.1) is 11.3 Å². The molecule has 1 N–H and O–H groups in total. The molecule has 92 valence electrons. The highest BCUT2D eigenvalue weighted by Gasteiger charge is 2.22. The van der Waals surface area contributed by atoms with Gasteiger partial charge in [-0.3, -0.25) is 9.40 Å². The van der Waals surface area contributed by atoms with Gasteiger partial charge in [0.1, 0.15) is 0 Å². The summed E-state index contributed by atoms with van der Waals surface area (Å²) in [6.07, 6.45) is 1.37. The number of hydrogen-bond donors (Lipinski definition) is 1. The number of sulfonamides is 1. The normalized spacial score (nSPS) is 10.9. The maximum atomic E-state index is 12.1. The van der Waals surface area contributed by atoms with Crippen molar-refractivity contribution in [1.82, 2.24) is 10.2 Å². The molecule has 0 amide bonds. The first-order valence-corrected chi connectivity index (χ1v) is 6.48. The third kappa shape index (κ3) is 2.06. The highest BCUT2D eigenvalue weighted by molar-refractivity contribution is 7.92. The van der Waals surface area contributed by atoms with E-state index in [2.05, 4.69) is 10.2 Å². The fourth-order valence-electron chi connectivity index (χ4n) is 1.42. The number of aromatic amines is 1. The van der Waals surface area contributed by atoms with Gasteiger partial charge in [-0.25, -0.2) is 0 Å². The summed E-state index contributed by atoms with van der Waals surface area (Å²) in [5, 5.41) is 14.7. The van der Waals surface area contributed by atoms with Gasteiger partial charge < -0.3 is 0 Å². The summed E-state index contributed by atoms with van der Waals surface area (Å²) in [6, 6.07) is 9.64. The Morgan fingerprint density at radius 1 is 1.28 bits per heavy atom. The zero-order valence-electron chi connectivity index (χ0n) is 9.53. The minimum atomic E-state index is -3.64. The average molecular weight is 262 g/mol. The van der Waals surface area contributed by atoms with E-state index in [1.807, 2.05) is 6.07 Å². The molecule has 1 aromatic carbocycles. The Hall–Kier alpha value is -2.33. The quantitative estimate of drug-likeness (QED) is 0.897. The number of nitrogens with zero attached hydrogens (tertiary/aromatic N) is 3. The molecule has 0 bridgehead atoms. The highest BCUT2D eigenvalue weighted by atomic mass is 32.2. The van der Waals surface area contributed by atoms with Gasteiger partial charge in [-0.2, -0.15) is 18.8 Å². The Bertz CT molecular complexity index is 669. The molecule has 1 aromatic heterocycles. The molecule has 2 aromatic rings. The predicted octanol–water partition coefficient (Wildman–Crippen LogP) is 1.11. The van der Waals surface area contributed by atoms with E-state index in [0.29, 0.717) is 11.3 Å². The van der Waals surface area contributed by atoms with Gasteiger partial charge in [0.2, 0.25) is 0 Å². The van der Waals surface area contributed by atoms with Crippen molar-refractivity contribution in [2.45, 2.75) is 5.03 Å². The van der Waals surface area contributed by atoms with Gasteiger partial charge in [0, 0.05) is 7.05 Å². The van der Waals surface area contributed by atoms with Crippen LogP contribution in [-0.2, 0) is 10.0 Å². The molecular weight excluding hydrogens is 252 g/mol. The maximum absolute atomic E-state index is 12.1. The first kappa shape index (κ1) is 12.1. The molecule has 0 saturated heterocycles. The first-order chi connectivity index (χ1) is 8.55.